The van der Waals surface area contributed by atoms with Crippen LogP contribution >= 0.6 is 0 Å². The van der Waals surface area contributed by atoms with Crippen molar-refractivity contribution >= 4 is 10.0 Å². The lowest BCUT2D eigenvalue weighted by atomic mass is 9.69. The molecular weight excluding hydrogens is 324 g/mol. The molecule has 0 bridgehead atoms. The number of piperidine rings is 2. The van der Waals surface area contributed by atoms with E-state index in [1.807, 2.05) is 17.9 Å². The van der Waals surface area contributed by atoms with Gasteiger partial charge < -0.3 is 4.57 Å². The van der Waals surface area contributed by atoms with Crippen molar-refractivity contribution < 1.29 is 8.42 Å². The molecule has 0 unspecified atom stereocenters. The molecule has 2 aliphatic heterocycles. The van der Waals surface area contributed by atoms with Crippen LogP contribution in [0.4, 0.5) is 0 Å². The van der Waals surface area contributed by atoms with Crippen LogP contribution in [0, 0.1) is 5.41 Å². The Morgan fingerprint density at radius 3 is 2.38 bits per heavy atom. The van der Waals surface area contributed by atoms with Gasteiger partial charge in [0.2, 0.25) is 10.0 Å². The highest BCUT2D eigenvalue weighted by molar-refractivity contribution is 7.88. The quantitative estimate of drug-likeness (QED) is 0.831. The Kier molecular flexibility index (Phi) is 4.55. The van der Waals surface area contributed by atoms with Gasteiger partial charge in [-0.1, -0.05) is 0 Å². The molecule has 0 aliphatic carbocycles. The van der Waals surface area contributed by atoms with E-state index in [0.717, 1.165) is 51.0 Å². The molecule has 0 atom stereocenters. The number of aryl methyl sites for hydroxylation is 1. The molecule has 0 amide bonds. The van der Waals surface area contributed by atoms with Crippen molar-refractivity contribution in [3.05, 3.63) is 18.2 Å². The molecule has 136 valence electrons. The van der Waals surface area contributed by atoms with E-state index >= 15 is 0 Å². The maximum absolute atomic E-state index is 12.2. The van der Waals surface area contributed by atoms with Crippen molar-refractivity contribution in [3.8, 4) is 0 Å². The maximum atomic E-state index is 12.2. The Labute approximate surface area is 145 Å². The zero-order valence-corrected chi connectivity index (χ0v) is 16.1. The van der Waals surface area contributed by atoms with Gasteiger partial charge in [0.1, 0.15) is 0 Å². The Bertz CT molecular complexity index is 687. The van der Waals surface area contributed by atoms with E-state index in [2.05, 4.69) is 29.9 Å². The summed E-state index contributed by atoms with van der Waals surface area (Å²) in [6.45, 7) is 7.71. The van der Waals surface area contributed by atoms with Gasteiger partial charge in [0, 0.05) is 31.9 Å². The lowest BCUT2D eigenvalue weighted by Crippen LogP contribution is -2.58. The molecule has 7 heteroatoms. The predicted octanol–water partition coefficient (Wildman–Crippen LogP) is 1.84. The first-order chi connectivity index (χ1) is 11.1. The third-order valence-electron chi connectivity index (χ3n) is 5.88. The molecule has 0 N–H and O–H groups in total. The molecule has 0 aromatic carbocycles. The molecule has 1 aromatic heterocycles. The number of nitrogens with zero attached hydrogens (tertiary/aromatic N) is 4. The molecule has 0 radical (unpaired) electrons. The van der Waals surface area contributed by atoms with Crippen molar-refractivity contribution in [2.75, 3.05) is 25.9 Å². The second kappa shape index (κ2) is 6.11. The lowest BCUT2D eigenvalue weighted by Gasteiger charge is -2.52. The van der Waals surface area contributed by atoms with Crippen molar-refractivity contribution in [1.29, 1.82) is 0 Å². The van der Waals surface area contributed by atoms with E-state index in [1.54, 1.807) is 4.31 Å². The molecule has 2 aliphatic rings. The minimum Gasteiger partial charge on any atom is -0.340 e. The van der Waals surface area contributed by atoms with Crippen LogP contribution in [0.1, 0.15) is 45.2 Å². The van der Waals surface area contributed by atoms with E-state index in [0.29, 0.717) is 6.54 Å². The number of likely N-dealkylation sites (tertiary alicyclic amines) is 1. The molecule has 0 saturated carbocycles. The molecule has 1 aromatic rings. The lowest BCUT2D eigenvalue weighted by molar-refractivity contribution is 0.00512. The molecular formula is C17H30N4O2S. The molecule has 1 spiro atoms. The van der Waals surface area contributed by atoms with Crippen molar-refractivity contribution in [1.82, 2.24) is 18.8 Å². The van der Waals surface area contributed by atoms with Crippen LogP contribution in [0.2, 0.25) is 0 Å². The average Bonchev–Trinajstić information content (AvgIpc) is 2.89. The summed E-state index contributed by atoms with van der Waals surface area (Å²) in [6.07, 6.45) is 9.48. The Balaban J connectivity index is 1.64. The van der Waals surface area contributed by atoms with Crippen LogP contribution in [0.15, 0.2) is 12.5 Å². The van der Waals surface area contributed by atoms with E-state index in [4.69, 9.17) is 0 Å². The third-order valence-corrected chi connectivity index (χ3v) is 7.31. The summed E-state index contributed by atoms with van der Waals surface area (Å²) in [4.78, 5) is 6.85. The number of rotatable bonds is 3. The summed E-state index contributed by atoms with van der Waals surface area (Å²) in [5.41, 5.74) is 0.999. The topological polar surface area (TPSA) is 58.4 Å². The van der Waals surface area contributed by atoms with Crippen molar-refractivity contribution in [2.45, 2.75) is 51.6 Å². The van der Waals surface area contributed by atoms with E-state index in [-0.39, 0.29) is 11.0 Å². The summed E-state index contributed by atoms with van der Waals surface area (Å²) >= 11 is 0. The van der Waals surface area contributed by atoms with Crippen LogP contribution in [0.25, 0.3) is 0 Å². The average molecular weight is 355 g/mol. The number of hydrogen-bond acceptors (Lipinski definition) is 4. The van der Waals surface area contributed by atoms with E-state index in [9.17, 15) is 8.42 Å². The predicted molar refractivity (Wildman–Crippen MR) is 95.0 cm³/mol. The van der Waals surface area contributed by atoms with Gasteiger partial charge in [-0.25, -0.2) is 13.4 Å². The Morgan fingerprint density at radius 1 is 1.17 bits per heavy atom. The summed E-state index contributed by atoms with van der Waals surface area (Å²) in [5, 5.41) is 0. The maximum Gasteiger partial charge on any atom is 0.211 e. The van der Waals surface area contributed by atoms with Crippen LogP contribution in [0.5, 0.6) is 0 Å². The summed E-state index contributed by atoms with van der Waals surface area (Å²) in [7, 11) is -1.17. The highest BCUT2D eigenvalue weighted by Gasteiger charge is 2.47. The summed E-state index contributed by atoms with van der Waals surface area (Å²) < 4.78 is 28.2. The van der Waals surface area contributed by atoms with Gasteiger partial charge in [-0.3, -0.25) is 4.90 Å². The van der Waals surface area contributed by atoms with Gasteiger partial charge >= 0.3 is 0 Å². The molecule has 2 saturated heterocycles. The SMILES string of the molecule is Cn1cnc(CN2CCC3(CC2)CCC(C)(C)N(S(C)(=O)=O)C3)c1. The fourth-order valence-electron chi connectivity index (χ4n) is 4.23. The largest absolute Gasteiger partial charge is 0.340 e. The van der Waals surface area contributed by atoms with Gasteiger partial charge in [-0.05, 0) is 58.0 Å². The van der Waals surface area contributed by atoms with Gasteiger partial charge in [-0.15, -0.1) is 0 Å². The number of hydrogen-bond donors (Lipinski definition) is 0. The van der Waals surface area contributed by atoms with Gasteiger partial charge in [0.15, 0.2) is 0 Å². The summed E-state index contributed by atoms with van der Waals surface area (Å²) in [6, 6.07) is 0. The Hall–Kier alpha value is -0.920. The second-order valence-corrected chi connectivity index (χ2v) is 10.3. The first-order valence-electron chi connectivity index (χ1n) is 8.77. The molecule has 3 heterocycles. The van der Waals surface area contributed by atoms with Crippen LogP contribution in [-0.2, 0) is 23.6 Å². The molecule has 6 nitrogen and oxygen atoms in total. The smallest absolute Gasteiger partial charge is 0.211 e. The highest BCUT2D eigenvalue weighted by atomic mass is 32.2. The number of imidazole rings is 1. The fraction of sp³-hybridized carbons (Fsp3) is 0.824. The first-order valence-corrected chi connectivity index (χ1v) is 10.6. The second-order valence-electron chi connectivity index (χ2n) is 8.39. The highest BCUT2D eigenvalue weighted by Crippen LogP contribution is 2.45. The van der Waals surface area contributed by atoms with E-state index < -0.39 is 10.0 Å². The fourth-order valence-corrected chi connectivity index (χ4v) is 5.73. The van der Waals surface area contributed by atoms with Gasteiger partial charge in [-0.2, -0.15) is 4.31 Å². The van der Waals surface area contributed by atoms with Gasteiger partial charge in [0.05, 0.1) is 18.3 Å². The number of aromatic nitrogens is 2. The van der Waals surface area contributed by atoms with Crippen molar-refractivity contribution in [3.63, 3.8) is 0 Å². The third kappa shape index (κ3) is 3.68. The molecule has 2 fully saturated rings. The number of sulfonamides is 1. The monoisotopic (exact) mass is 354 g/mol. The minimum atomic E-state index is -3.16. The minimum absolute atomic E-state index is 0.152. The zero-order chi connectivity index (χ0) is 17.6. The van der Waals surface area contributed by atoms with E-state index in [1.165, 1.54) is 6.26 Å². The normalized spacial score (nSPS) is 25.2. The Morgan fingerprint density at radius 2 is 1.83 bits per heavy atom. The zero-order valence-electron chi connectivity index (χ0n) is 15.3. The van der Waals surface area contributed by atoms with Crippen molar-refractivity contribution in [2.24, 2.45) is 12.5 Å². The van der Waals surface area contributed by atoms with Crippen LogP contribution in [-0.4, -0.2) is 58.6 Å². The first kappa shape index (κ1) is 17.9. The molecule has 3 rings (SSSR count). The van der Waals surface area contributed by atoms with Gasteiger partial charge in [0.25, 0.3) is 0 Å². The molecule has 24 heavy (non-hydrogen) atoms. The summed E-state index contributed by atoms with van der Waals surface area (Å²) in [5.74, 6) is 0. The standard InChI is InChI=1S/C17H30N4O2S/c1-16(2)5-6-17(13-21(16)24(4,22)23)7-9-20(10-8-17)12-15-11-19(3)14-18-15/h11,14H,5-10,12-13H2,1-4H3. The van der Waals surface area contributed by atoms with Crippen LogP contribution < -0.4 is 0 Å². The van der Waals surface area contributed by atoms with Crippen LogP contribution in [0.3, 0.4) is 0 Å².